The lowest BCUT2D eigenvalue weighted by Gasteiger charge is -2.39. The van der Waals surface area contributed by atoms with Gasteiger partial charge in [-0.1, -0.05) is 20.1 Å². The fraction of sp³-hybridized carbons (Fsp3) is 0.875. The average Bonchev–Trinajstić information content (AvgIpc) is 3.72. The van der Waals surface area contributed by atoms with E-state index in [-0.39, 0.29) is 79.6 Å². The Morgan fingerprint density at radius 1 is 0.846 bits per heavy atom. The quantitative estimate of drug-likeness (QED) is 0.312. The van der Waals surface area contributed by atoms with Gasteiger partial charge in [0, 0.05) is 64.4 Å². The van der Waals surface area contributed by atoms with E-state index in [1.165, 1.54) is 0 Å². The third kappa shape index (κ3) is 8.58. The maximum Gasteiger partial charge on any atom is 0.171 e. The second-order valence-corrected chi connectivity index (χ2v) is 17.0. The summed E-state index contributed by atoms with van der Waals surface area (Å²) in [5.41, 5.74) is 2.09. The van der Waals surface area contributed by atoms with E-state index in [0.29, 0.717) is 44.9 Å². The van der Waals surface area contributed by atoms with Gasteiger partial charge in [-0.25, -0.2) is 0 Å². The first-order valence-corrected chi connectivity index (χ1v) is 20.0. The van der Waals surface area contributed by atoms with Crippen LogP contribution in [0.15, 0.2) is 24.3 Å². The van der Waals surface area contributed by atoms with E-state index in [0.717, 1.165) is 43.3 Å². The molecule has 13 unspecified atom stereocenters. The zero-order chi connectivity index (χ0) is 36.7. The van der Waals surface area contributed by atoms with Gasteiger partial charge in [0.25, 0.3) is 0 Å². The Kier molecular flexibility index (Phi) is 12.3. The van der Waals surface area contributed by atoms with E-state index in [4.69, 9.17) is 33.2 Å². The van der Waals surface area contributed by atoms with Crippen LogP contribution in [0, 0.1) is 11.8 Å². The van der Waals surface area contributed by atoms with Gasteiger partial charge in [0.2, 0.25) is 0 Å². The summed E-state index contributed by atoms with van der Waals surface area (Å²) in [6.45, 7) is 10.6. The van der Waals surface area contributed by atoms with Crippen LogP contribution < -0.4 is 0 Å². The summed E-state index contributed by atoms with van der Waals surface area (Å²) in [4.78, 5) is 13.6. The van der Waals surface area contributed by atoms with E-state index in [9.17, 15) is 25.2 Å². The van der Waals surface area contributed by atoms with Crippen LogP contribution in [0.3, 0.4) is 0 Å². The molecule has 0 aliphatic carbocycles. The minimum atomic E-state index is -0.978. The lowest BCUT2D eigenvalue weighted by atomic mass is 9.81. The van der Waals surface area contributed by atoms with Crippen LogP contribution in [0.25, 0.3) is 0 Å². The summed E-state index contributed by atoms with van der Waals surface area (Å²) in [6, 6.07) is 0. The SMILES string of the molecule is C=C1CC2CC[C@]34CC(O)C(O3)C3CC(CC(CCC(O)CC(=O)CC5[C@@H](OC)C(CC(O)CO)O[C@H]5CC5OC(CCC1O2)C[C@@H](C)C5=C)O3)O4. The second kappa shape index (κ2) is 16.4. The molecular formula is C40H62O12. The Balaban J connectivity index is 1.11. The summed E-state index contributed by atoms with van der Waals surface area (Å²) in [5.74, 6) is -1.08. The molecule has 0 aromatic heterocycles. The number of hydrogen-bond acceptors (Lipinski definition) is 12. The van der Waals surface area contributed by atoms with Crippen molar-refractivity contribution in [2.45, 2.75) is 194 Å². The predicted molar refractivity (Wildman–Crippen MR) is 188 cm³/mol. The van der Waals surface area contributed by atoms with Crippen LogP contribution in [0.2, 0.25) is 0 Å². The van der Waals surface area contributed by atoms with Crippen molar-refractivity contribution in [2.24, 2.45) is 11.8 Å². The number of fused-ring (bicyclic) bond motifs is 9. The number of methoxy groups -OCH3 is 1. The van der Waals surface area contributed by atoms with Gasteiger partial charge in [-0.3, -0.25) is 4.79 Å². The summed E-state index contributed by atoms with van der Waals surface area (Å²) < 4.78 is 45.5. The molecular weight excluding hydrogens is 672 g/mol. The Bertz CT molecular complexity index is 1280. The van der Waals surface area contributed by atoms with Crippen LogP contribution in [0.1, 0.15) is 103 Å². The van der Waals surface area contributed by atoms with Crippen molar-refractivity contribution < 1.29 is 58.4 Å². The molecule has 0 aromatic rings. The van der Waals surface area contributed by atoms with Crippen LogP contribution in [-0.4, -0.2) is 131 Å². The molecule has 17 atom stereocenters. The summed E-state index contributed by atoms with van der Waals surface area (Å²) in [5, 5.41) is 42.1. The second-order valence-electron chi connectivity index (χ2n) is 17.0. The monoisotopic (exact) mass is 734 g/mol. The fourth-order valence-electron chi connectivity index (χ4n) is 10.4. The van der Waals surface area contributed by atoms with Crippen LogP contribution in [0.5, 0.6) is 0 Å². The van der Waals surface area contributed by atoms with Gasteiger partial charge in [-0.05, 0) is 62.0 Å². The number of carbonyl (C=O) groups is 1. The number of aliphatic hydroxyl groups excluding tert-OH is 4. The number of hydrogen-bond donors (Lipinski definition) is 4. The molecule has 12 heteroatoms. The molecule has 4 N–H and O–H groups in total. The number of Topliss-reactive ketones (excluding diaryl/α,β-unsaturated/α-hetero) is 1. The lowest BCUT2D eigenvalue weighted by molar-refractivity contribution is -0.241. The number of aliphatic hydroxyl groups is 4. The number of ketones is 1. The van der Waals surface area contributed by atoms with Crippen molar-refractivity contribution in [3.8, 4) is 0 Å². The molecule has 0 saturated carbocycles. The zero-order valence-corrected chi connectivity index (χ0v) is 31.0. The van der Waals surface area contributed by atoms with Crippen molar-refractivity contribution in [2.75, 3.05) is 13.7 Å². The first-order valence-electron chi connectivity index (χ1n) is 20.0. The third-order valence-electron chi connectivity index (χ3n) is 13.1. The van der Waals surface area contributed by atoms with Gasteiger partial charge in [-0.2, -0.15) is 0 Å². The molecule has 52 heavy (non-hydrogen) atoms. The maximum absolute atomic E-state index is 13.6. The van der Waals surface area contributed by atoms with Crippen LogP contribution in [0.4, 0.5) is 0 Å². The molecule has 7 fully saturated rings. The van der Waals surface area contributed by atoms with Crippen molar-refractivity contribution in [1.82, 2.24) is 0 Å². The van der Waals surface area contributed by atoms with Gasteiger partial charge < -0.3 is 53.6 Å². The lowest BCUT2D eigenvalue weighted by Crippen LogP contribution is -2.46. The average molecular weight is 735 g/mol. The number of carbonyl (C=O) groups excluding carboxylic acids is 1. The minimum absolute atomic E-state index is 0.00200. The zero-order valence-electron chi connectivity index (χ0n) is 31.0. The molecule has 7 aliphatic rings. The van der Waals surface area contributed by atoms with Crippen molar-refractivity contribution >= 4 is 5.78 Å². The largest absolute Gasteiger partial charge is 0.394 e. The fourth-order valence-corrected chi connectivity index (χ4v) is 10.4. The molecule has 0 amide bonds. The van der Waals surface area contributed by atoms with E-state index in [2.05, 4.69) is 20.1 Å². The molecule has 9 bridgehead atoms. The summed E-state index contributed by atoms with van der Waals surface area (Å²) in [7, 11) is 1.58. The maximum atomic E-state index is 13.6. The molecule has 0 radical (unpaired) electrons. The van der Waals surface area contributed by atoms with Gasteiger partial charge in [0.05, 0.1) is 86.0 Å². The molecule has 7 rings (SSSR count). The Morgan fingerprint density at radius 3 is 2.40 bits per heavy atom. The molecule has 7 heterocycles. The Hall–Kier alpha value is -1.29. The van der Waals surface area contributed by atoms with Crippen molar-refractivity contribution in [3.05, 3.63) is 24.3 Å². The minimum Gasteiger partial charge on any atom is -0.394 e. The third-order valence-corrected chi connectivity index (χ3v) is 13.1. The van der Waals surface area contributed by atoms with Crippen molar-refractivity contribution in [3.63, 3.8) is 0 Å². The van der Waals surface area contributed by atoms with E-state index < -0.39 is 55.1 Å². The topological polar surface area (TPSA) is 163 Å². The van der Waals surface area contributed by atoms with Crippen LogP contribution in [-0.2, 0) is 38.0 Å². The molecule has 12 nitrogen and oxygen atoms in total. The van der Waals surface area contributed by atoms with E-state index >= 15 is 0 Å². The van der Waals surface area contributed by atoms with Crippen LogP contribution >= 0.6 is 0 Å². The number of ether oxygens (including phenoxy) is 7. The van der Waals surface area contributed by atoms with Gasteiger partial charge in [0.15, 0.2) is 5.79 Å². The highest BCUT2D eigenvalue weighted by Gasteiger charge is 2.56. The van der Waals surface area contributed by atoms with Gasteiger partial charge in [0.1, 0.15) is 11.9 Å². The van der Waals surface area contributed by atoms with Gasteiger partial charge in [-0.15, -0.1) is 0 Å². The molecule has 294 valence electrons. The van der Waals surface area contributed by atoms with Crippen molar-refractivity contribution in [1.29, 1.82) is 0 Å². The Labute approximate surface area is 308 Å². The smallest absolute Gasteiger partial charge is 0.171 e. The summed E-state index contributed by atoms with van der Waals surface area (Å²) >= 11 is 0. The highest BCUT2D eigenvalue weighted by Crippen LogP contribution is 2.47. The Morgan fingerprint density at radius 2 is 1.62 bits per heavy atom. The molecule has 0 aromatic carbocycles. The summed E-state index contributed by atoms with van der Waals surface area (Å²) in [6.07, 6.45) is 2.68. The first-order chi connectivity index (χ1) is 24.9. The van der Waals surface area contributed by atoms with Gasteiger partial charge >= 0.3 is 0 Å². The predicted octanol–water partition coefficient (Wildman–Crippen LogP) is 3.44. The molecule has 1 spiro atoms. The molecule has 7 saturated heterocycles. The highest BCUT2D eigenvalue weighted by atomic mass is 16.7. The van der Waals surface area contributed by atoms with E-state index in [1.54, 1.807) is 7.11 Å². The number of rotatable bonds is 4. The molecule has 7 aliphatic heterocycles. The van der Waals surface area contributed by atoms with E-state index in [1.807, 2.05) is 0 Å². The standard InChI is InChI=1S/C40H62O12/c1-21-11-27-7-8-33-22(2)12-29(47-33)9-10-40-19-32(45)39(52-40)37-17-30(51-40)16-28(49-37)6-5-24(42)13-25(43)14-31-35(18-34(48-27)23(21)3)50-36(38(31)46-4)15-26(44)20-41/h21,24,26-39,41-42,44-45H,2-3,5-20H2,1,4H3/t21-,24?,26?,27?,28?,29?,30?,31?,32?,33?,34?,35+,36?,37?,38-,39?,40-/m1/s1. The highest BCUT2D eigenvalue weighted by molar-refractivity contribution is 5.79. The first kappa shape index (κ1) is 39.0. The normalized spacial score (nSPS) is 48.3.